The SMILES string of the molecule is Cc1cc(F)c(C[C@@H](N)CC(=O)N2CCn3c(nnc3C(C)(F)F)C2)cc1F. The number of fused-ring (bicyclic) bond motifs is 1. The third-order valence-corrected chi connectivity index (χ3v) is 4.75. The summed E-state index contributed by atoms with van der Waals surface area (Å²) in [5.74, 6) is -4.68. The van der Waals surface area contributed by atoms with Crippen molar-refractivity contribution < 1.29 is 22.4 Å². The lowest BCUT2D eigenvalue weighted by Gasteiger charge is -2.29. The van der Waals surface area contributed by atoms with Crippen LogP contribution in [0.15, 0.2) is 12.1 Å². The third kappa shape index (κ3) is 4.16. The summed E-state index contributed by atoms with van der Waals surface area (Å²) in [5.41, 5.74) is 6.26. The molecule has 1 atom stereocenters. The zero-order valence-electron chi connectivity index (χ0n) is 15.6. The standard InChI is InChI=1S/C18H21F4N5O/c1-10-5-14(20)11(7-13(10)19)6-12(23)8-16(28)26-3-4-27-15(9-26)24-25-17(27)18(2,21)22/h5,7,12H,3-4,6,8-9,23H2,1-2H3/t12-/m1/s1. The zero-order chi connectivity index (χ0) is 20.6. The largest absolute Gasteiger partial charge is 0.333 e. The highest BCUT2D eigenvalue weighted by atomic mass is 19.3. The molecule has 0 fully saturated rings. The summed E-state index contributed by atoms with van der Waals surface area (Å²) in [6.45, 7) is 2.61. The number of benzene rings is 1. The second-order valence-electron chi connectivity index (χ2n) is 7.16. The number of rotatable bonds is 5. The first-order valence-electron chi connectivity index (χ1n) is 8.84. The van der Waals surface area contributed by atoms with E-state index in [2.05, 4.69) is 10.2 Å². The molecule has 1 amide bonds. The van der Waals surface area contributed by atoms with Gasteiger partial charge in [-0.1, -0.05) is 0 Å². The molecule has 2 N–H and O–H groups in total. The van der Waals surface area contributed by atoms with Gasteiger partial charge in [0, 0.05) is 32.5 Å². The van der Waals surface area contributed by atoms with Gasteiger partial charge < -0.3 is 15.2 Å². The fourth-order valence-electron chi connectivity index (χ4n) is 3.25. The van der Waals surface area contributed by atoms with Crippen LogP contribution in [0.3, 0.4) is 0 Å². The Labute approximate surface area is 159 Å². The van der Waals surface area contributed by atoms with Gasteiger partial charge in [0.05, 0.1) is 6.54 Å². The molecule has 1 aliphatic heterocycles. The van der Waals surface area contributed by atoms with Crippen molar-refractivity contribution in [2.24, 2.45) is 5.73 Å². The molecule has 1 aliphatic rings. The average Bonchev–Trinajstić information content (AvgIpc) is 3.03. The molecule has 152 valence electrons. The number of aryl methyl sites for hydroxylation is 1. The normalized spacial score (nSPS) is 15.5. The summed E-state index contributed by atoms with van der Waals surface area (Å²) in [6.07, 6.45) is -0.0785. The summed E-state index contributed by atoms with van der Waals surface area (Å²) < 4.78 is 55.9. The first-order chi connectivity index (χ1) is 13.1. The smallest absolute Gasteiger partial charge is 0.304 e. The Kier molecular flexibility index (Phi) is 5.42. The predicted octanol–water partition coefficient (Wildman–Crippen LogP) is 2.28. The molecule has 0 spiro atoms. The van der Waals surface area contributed by atoms with Crippen LogP contribution in [0, 0.1) is 18.6 Å². The second kappa shape index (κ2) is 7.50. The molecule has 1 aromatic heterocycles. The molecule has 10 heteroatoms. The number of amides is 1. The zero-order valence-corrected chi connectivity index (χ0v) is 15.6. The highest BCUT2D eigenvalue weighted by Crippen LogP contribution is 2.27. The third-order valence-electron chi connectivity index (χ3n) is 4.75. The highest BCUT2D eigenvalue weighted by molar-refractivity contribution is 5.76. The van der Waals surface area contributed by atoms with Crippen molar-refractivity contribution >= 4 is 5.91 Å². The Morgan fingerprint density at radius 1 is 1.25 bits per heavy atom. The minimum atomic E-state index is -3.12. The van der Waals surface area contributed by atoms with E-state index in [0.29, 0.717) is 0 Å². The van der Waals surface area contributed by atoms with E-state index in [4.69, 9.17) is 5.73 Å². The average molecular weight is 399 g/mol. The maximum absolute atomic E-state index is 14.0. The van der Waals surface area contributed by atoms with Gasteiger partial charge in [0.1, 0.15) is 11.6 Å². The number of alkyl halides is 2. The number of carbonyl (C=O) groups is 1. The van der Waals surface area contributed by atoms with Crippen molar-refractivity contribution in [3.05, 3.63) is 46.5 Å². The molecule has 0 radical (unpaired) electrons. The Morgan fingerprint density at radius 2 is 1.96 bits per heavy atom. The highest BCUT2D eigenvalue weighted by Gasteiger charge is 2.35. The Morgan fingerprint density at radius 3 is 2.64 bits per heavy atom. The van der Waals surface area contributed by atoms with Gasteiger partial charge in [-0.3, -0.25) is 4.79 Å². The summed E-state index contributed by atoms with van der Waals surface area (Å²) in [7, 11) is 0. The van der Waals surface area contributed by atoms with E-state index in [1.165, 1.54) is 16.4 Å². The number of carbonyl (C=O) groups excluding carboxylic acids is 1. The van der Waals surface area contributed by atoms with Crippen molar-refractivity contribution in [2.75, 3.05) is 6.54 Å². The Balaban J connectivity index is 1.63. The van der Waals surface area contributed by atoms with Gasteiger partial charge in [-0.2, -0.15) is 8.78 Å². The second-order valence-corrected chi connectivity index (χ2v) is 7.16. The summed E-state index contributed by atoms with van der Waals surface area (Å²) in [4.78, 5) is 13.9. The summed E-state index contributed by atoms with van der Waals surface area (Å²) >= 11 is 0. The molecule has 6 nitrogen and oxygen atoms in total. The molecule has 1 aromatic carbocycles. The molecule has 0 saturated carbocycles. The van der Waals surface area contributed by atoms with E-state index in [-0.39, 0.29) is 55.3 Å². The van der Waals surface area contributed by atoms with Crippen molar-refractivity contribution in [3.63, 3.8) is 0 Å². The van der Waals surface area contributed by atoms with E-state index in [0.717, 1.165) is 19.1 Å². The molecule has 0 saturated heterocycles. The summed E-state index contributed by atoms with van der Waals surface area (Å²) in [5, 5.41) is 7.28. The maximum atomic E-state index is 14.0. The molecule has 0 unspecified atom stereocenters. The first-order valence-corrected chi connectivity index (χ1v) is 8.84. The predicted molar refractivity (Wildman–Crippen MR) is 92.4 cm³/mol. The number of hydrogen-bond donors (Lipinski definition) is 1. The van der Waals surface area contributed by atoms with Crippen molar-refractivity contribution in [1.29, 1.82) is 0 Å². The van der Waals surface area contributed by atoms with Crippen molar-refractivity contribution in [3.8, 4) is 0 Å². The van der Waals surface area contributed by atoms with E-state index in [9.17, 15) is 22.4 Å². The van der Waals surface area contributed by atoms with Gasteiger partial charge in [0.25, 0.3) is 0 Å². The number of halogens is 4. The van der Waals surface area contributed by atoms with Gasteiger partial charge >= 0.3 is 5.92 Å². The van der Waals surface area contributed by atoms with Crippen LogP contribution in [-0.2, 0) is 30.2 Å². The monoisotopic (exact) mass is 399 g/mol. The molecular formula is C18H21F4N5O. The molecule has 0 bridgehead atoms. The van der Waals surface area contributed by atoms with E-state index in [1.807, 2.05) is 0 Å². The molecule has 2 heterocycles. The van der Waals surface area contributed by atoms with Crippen LogP contribution in [0.25, 0.3) is 0 Å². The van der Waals surface area contributed by atoms with Crippen LogP contribution >= 0.6 is 0 Å². The molecule has 28 heavy (non-hydrogen) atoms. The number of nitrogens with two attached hydrogens (primary N) is 1. The molecule has 0 aliphatic carbocycles. The van der Waals surface area contributed by atoms with Gasteiger partial charge in [-0.05, 0) is 36.6 Å². The van der Waals surface area contributed by atoms with Crippen molar-refractivity contribution in [2.45, 2.75) is 51.7 Å². The topological polar surface area (TPSA) is 77.0 Å². The first kappa shape index (κ1) is 20.2. The summed E-state index contributed by atoms with van der Waals surface area (Å²) in [6, 6.07) is 1.47. The van der Waals surface area contributed by atoms with Crippen molar-refractivity contribution in [1.82, 2.24) is 19.7 Å². The number of hydrogen-bond acceptors (Lipinski definition) is 4. The van der Waals surface area contributed by atoms with Crippen LogP contribution in [0.1, 0.15) is 36.1 Å². The van der Waals surface area contributed by atoms with Crippen LogP contribution in [-0.4, -0.2) is 38.2 Å². The Bertz CT molecular complexity index is 893. The van der Waals surface area contributed by atoms with E-state index < -0.39 is 29.4 Å². The van der Waals surface area contributed by atoms with Gasteiger partial charge in [-0.15, -0.1) is 10.2 Å². The van der Waals surface area contributed by atoms with Crippen LogP contribution in [0.4, 0.5) is 17.6 Å². The quantitative estimate of drug-likeness (QED) is 0.783. The minimum Gasteiger partial charge on any atom is -0.333 e. The van der Waals surface area contributed by atoms with Crippen LogP contribution in [0.2, 0.25) is 0 Å². The Hall–Kier alpha value is -2.49. The maximum Gasteiger partial charge on any atom is 0.304 e. The van der Waals surface area contributed by atoms with E-state index >= 15 is 0 Å². The fraction of sp³-hybridized carbons (Fsp3) is 0.500. The van der Waals surface area contributed by atoms with Gasteiger partial charge in [0.15, 0.2) is 5.82 Å². The molecular weight excluding hydrogens is 378 g/mol. The van der Waals surface area contributed by atoms with Gasteiger partial charge in [-0.25, -0.2) is 8.78 Å². The van der Waals surface area contributed by atoms with Crippen LogP contribution < -0.4 is 5.73 Å². The lowest BCUT2D eigenvalue weighted by Crippen LogP contribution is -2.42. The lowest BCUT2D eigenvalue weighted by atomic mass is 10.0. The minimum absolute atomic E-state index is 0.00496. The molecule has 2 aromatic rings. The number of aromatic nitrogens is 3. The van der Waals surface area contributed by atoms with Gasteiger partial charge in [0.2, 0.25) is 11.7 Å². The fourth-order valence-corrected chi connectivity index (χ4v) is 3.25. The lowest BCUT2D eigenvalue weighted by molar-refractivity contribution is -0.133. The number of nitrogens with zero attached hydrogens (tertiary/aromatic N) is 4. The van der Waals surface area contributed by atoms with E-state index in [1.54, 1.807) is 0 Å². The molecule has 3 rings (SSSR count). The van der Waals surface area contributed by atoms with Crippen LogP contribution in [0.5, 0.6) is 0 Å².